The Morgan fingerprint density at radius 1 is 1.38 bits per heavy atom. The van der Waals surface area contributed by atoms with Gasteiger partial charge in [0.15, 0.2) is 0 Å². The Kier molecular flexibility index (Phi) is 6.48. The third kappa shape index (κ3) is 4.35. The van der Waals surface area contributed by atoms with Gasteiger partial charge in [0.1, 0.15) is 9.88 Å². The summed E-state index contributed by atoms with van der Waals surface area (Å²) in [7, 11) is 1.53. The highest BCUT2D eigenvalue weighted by Gasteiger charge is 2.25. The van der Waals surface area contributed by atoms with Crippen LogP contribution < -0.4 is 16.4 Å². The van der Waals surface area contributed by atoms with Crippen molar-refractivity contribution in [3.05, 3.63) is 10.4 Å². The first-order valence-corrected chi connectivity index (χ1v) is 7.79. The zero-order valence-electron chi connectivity index (χ0n) is 12.9. The van der Waals surface area contributed by atoms with Crippen molar-refractivity contribution in [3.8, 4) is 0 Å². The Balaban J connectivity index is 3.06. The standard InChI is InChI=1S/C14H23N3O3S/c1-5-20-14(19)11-10(15)9(12(18)16-4)13(21-11)17-7-6-8(2)3/h8,17H,5-7,15H2,1-4H3,(H,16,18). The molecule has 0 aliphatic carbocycles. The van der Waals surface area contributed by atoms with Crippen LogP contribution >= 0.6 is 11.3 Å². The summed E-state index contributed by atoms with van der Waals surface area (Å²) in [6.45, 7) is 6.94. The molecule has 0 radical (unpaired) electrons. The second kappa shape index (κ2) is 7.87. The molecule has 0 atom stereocenters. The quantitative estimate of drug-likeness (QED) is 0.672. The predicted molar refractivity (Wildman–Crippen MR) is 86.0 cm³/mol. The van der Waals surface area contributed by atoms with Gasteiger partial charge in [-0.1, -0.05) is 13.8 Å². The number of nitrogens with two attached hydrogens (primary N) is 1. The zero-order valence-corrected chi connectivity index (χ0v) is 13.7. The summed E-state index contributed by atoms with van der Waals surface area (Å²) in [6, 6.07) is 0. The number of esters is 1. The Hall–Kier alpha value is -1.76. The lowest BCUT2D eigenvalue weighted by Gasteiger charge is -2.08. The molecule has 0 fully saturated rings. The number of nitrogen functional groups attached to an aromatic ring is 1. The van der Waals surface area contributed by atoms with Crippen LogP contribution in [0.15, 0.2) is 0 Å². The Morgan fingerprint density at radius 3 is 2.57 bits per heavy atom. The minimum Gasteiger partial charge on any atom is -0.462 e. The zero-order chi connectivity index (χ0) is 16.0. The van der Waals surface area contributed by atoms with Crippen LogP contribution in [0, 0.1) is 5.92 Å². The molecule has 1 aromatic heterocycles. The number of carbonyl (C=O) groups is 2. The van der Waals surface area contributed by atoms with Crippen molar-refractivity contribution in [1.82, 2.24) is 5.32 Å². The topological polar surface area (TPSA) is 93.4 Å². The molecule has 0 spiro atoms. The van der Waals surface area contributed by atoms with Gasteiger partial charge in [0.25, 0.3) is 5.91 Å². The van der Waals surface area contributed by atoms with Crippen molar-refractivity contribution in [2.75, 3.05) is 31.2 Å². The Bertz CT molecular complexity index is 512. The van der Waals surface area contributed by atoms with Crippen molar-refractivity contribution in [2.24, 2.45) is 5.92 Å². The van der Waals surface area contributed by atoms with E-state index in [1.54, 1.807) is 6.92 Å². The number of anilines is 2. The lowest BCUT2D eigenvalue weighted by Crippen LogP contribution is -2.20. The third-order valence-corrected chi connectivity index (χ3v) is 4.01. The average molecular weight is 313 g/mol. The van der Waals surface area contributed by atoms with Gasteiger partial charge in [-0.05, 0) is 19.3 Å². The highest BCUT2D eigenvalue weighted by molar-refractivity contribution is 7.19. The highest BCUT2D eigenvalue weighted by Crippen LogP contribution is 2.36. The molecule has 4 N–H and O–H groups in total. The van der Waals surface area contributed by atoms with Gasteiger partial charge in [0, 0.05) is 13.6 Å². The summed E-state index contributed by atoms with van der Waals surface area (Å²) in [5.74, 6) is -0.267. The van der Waals surface area contributed by atoms with Crippen molar-refractivity contribution >= 4 is 33.9 Å². The van der Waals surface area contributed by atoms with Gasteiger partial charge < -0.3 is 21.1 Å². The molecule has 0 bridgehead atoms. The molecule has 0 aliphatic rings. The largest absolute Gasteiger partial charge is 0.462 e. The summed E-state index contributed by atoms with van der Waals surface area (Å²) in [4.78, 5) is 24.1. The Labute approximate surface area is 129 Å². The summed E-state index contributed by atoms with van der Waals surface area (Å²) in [5.41, 5.74) is 6.44. The average Bonchev–Trinajstić information content (AvgIpc) is 2.75. The number of thiophene rings is 1. The molecule has 6 nitrogen and oxygen atoms in total. The van der Waals surface area contributed by atoms with E-state index < -0.39 is 5.97 Å². The van der Waals surface area contributed by atoms with Crippen LogP contribution in [0.5, 0.6) is 0 Å². The first kappa shape index (κ1) is 17.3. The molecular weight excluding hydrogens is 290 g/mol. The van der Waals surface area contributed by atoms with Crippen LogP contribution in [-0.4, -0.2) is 32.1 Å². The second-order valence-electron chi connectivity index (χ2n) is 4.96. The number of amides is 1. The molecule has 0 saturated heterocycles. The van der Waals surface area contributed by atoms with Crippen LogP contribution in [-0.2, 0) is 4.74 Å². The summed E-state index contributed by atoms with van der Waals surface area (Å²) >= 11 is 1.16. The smallest absolute Gasteiger partial charge is 0.350 e. The molecule has 0 unspecified atom stereocenters. The fourth-order valence-corrected chi connectivity index (χ4v) is 2.78. The van der Waals surface area contributed by atoms with Gasteiger partial charge in [-0.2, -0.15) is 0 Å². The third-order valence-electron chi connectivity index (χ3n) is 2.87. The van der Waals surface area contributed by atoms with Crippen molar-refractivity contribution < 1.29 is 14.3 Å². The number of ether oxygens (including phenoxy) is 1. The van der Waals surface area contributed by atoms with Gasteiger partial charge in [-0.25, -0.2) is 4.79 Å². The number of carbonyl (C=O) groups excluding carboxylic acids is 2. The van der Waals surface area contributed by atoms with Crippen LogP contribution in [0.4, 0.5) is 10.7 Å². The molecule has 1 amide bonds. The van der Waals surface area contributed by atoms with E-state index in [1.807, 2.05) is 0 Å². The molecule has 118 valence electrons. The summed E-state index contributed by atoms with van der Waals surface area (Å²) in [5, 5.41) is 6.34. The first-order valence-electron chi connectivity index (χ1n) is 6.97. The SMILES string of the molecule is CCOC(=O)c1sc(NCCC(C)C)c(C(=O)NC)c1N. The van der Waals surface area contributed by atoms with E-state index in [9.17, 15) is 9.59 Å². The van der Waals surface area contributed by atoms with E-state index in [0.717, 1.165) is 17.8 Å². The molecule has 1 rings (SSSR count). The van der Waals surface area contributed by atoms with Gasteiger partial charge in [0.2, 0.25) is 0 Å². The summed E-state index contributed by atoms with van der Waals surface area (Å²) in [6.07, 6.45) is 0.958. The van der Waals surface area contributed by atoms with Gasteiger partial charge in [-0.15, -0.1) is 11.3 Å². The number of rotatable bonds is 7. The van der Waals surface area contributed by atoms with Crippen molar-refractivity contribution in [3.63, 3.8) is 0 Å². The predicted octanol–water partition coefficient (Wildman–Crippen LogP) is 2.32. The maximum Gasteiger partial charge on any atom is 0.350 e. The van der Waals surface area contributed by atoms with Crippen LogP contribution in [0.2, 0.25) is 0 Å². The number of nitrogens with one attached hydrogen (secondary N) is 2. The van der Waals surface area contributed by atoms with Crippen LogP contribution in [0.3, 0.4) is 0 Å². The van der Waals surface area contributed by atoms with Crippen LogP contribution in [0.25, 0.3) is 0 Å². The molecular formula is C14H23N3O3S. The minimum absolute atomic E-state index is 0.171. The molecule has 1 heterocycles. The molecule has 7 heteroatoms. The molecule has 0 saturated carbocycles. The molecule has 21 heavy (non-hydrogen) atoms. The van der Waals surface area contributed by atoms with Crippen molar-refractivity contribution in [1.29, 1.82) is 0 Å². The van der Waals surface area contributed by atoms with Gasteiger partial charge >= 0.3 is 5.97 Å². The Morgan fingerprint density at radius 2 is 2.05 bits per heavy atom. The molecule has 0 aliphatic heterocycles. The van der Waals surface area contributed by atoms with E-state index >= 15 is 0 Å². The minimum atomic E-state index is -0.498. The van der Waals surface area contributed by atoms with E-state index in [1.165, 1.54) is 7.05 Å². The normalized spacial score (nSPS) is 10.5. The van der Waals surface area contributed by atoms with E-state index in [2.05, 4.69) is 24.5 Å². The lowest BCUT2D eigenvalue weighted by atomic mass is 10.1. The fourth-order valence-electron chi connectivity index (χ4n) is 1.74. The van der Waals surface area contributed by atoms with Crippen LogP contribution in [0.1, 0.15) is 47.2 Å². The van der Waals surface area contributed by atoms with Crippen molar-refractivity contribution in [2.45, 2.75) is 27.2 Å². The van der Waals surface area contributed by atoms with Gasteiger partial charge in [0.05, 0.1) is 17.9 Å². The number of hydrogen-bond donors (Lipinski definition) is 3. The monoisotopic (exact) mass is 313 g/mol. The molecule has 1 aromatic rings. The number of hydrogen-bond acceptors (Lipinski definition) is 6. The van der Waals surface area contributed by atoms with E-state index in [4.69, 9.17) is 10.5 Å². The highest BCUT2D eigenvalue weighted by atomic mass is 32.1. The maximum atomic E-state index is 12.0. The van der Waals surface area contributed by atoms with E-state index in [-0.39, 0.29) is 23.1 Å². The summed E-state index contributed by atoms with van der Waals surface area (Å²) < 4.78 is 4.97. The maximum absolute atomic E-state index is 12.0. The van der Waals surface area contributed by atoms with Gasteiger partial charge in [-0.3, -0.25) is 4.79 Å². The second-order valence-corrected chi connectivity index (χ2v) is 5.98. The lowest BCUT2D eigenvalue weighted by molar-refractivity contribution is 0.0533. The molecule has 0 aromatic carbocycles. The fraction of sp³-hybridized carbons (Fsp3) is 0.571. The first-order chi connectivity index (χ1) is 9.92. The van der Waals surface area contributed by atoms with E-state index in [0.29, 0.717) is 23.0 Å².